The van der Waals surface area contributed by atoms with Crippen molar-refractivity contribution < 1.29 is 13.6 Å². The zero-order valence-electron chi connectivity index (χ0n) is 9.58. The van der Waals surface area contributed by atoms with E-state index >= 15 is 0 Å². The van der Waals surface area contributed by atoms with Crippen molar-refractivity contribution in [1.82, 2.24) is 0 Å². The molecule has 0 spiro atoms. The van der Waals surface area contributed by atoms with Gasteiger partial charge in [-0.05, 0) is 25.5 Å². The third-order valence-corrected chi connectivity index (χ3v) is 2.82. The lowest BCUT2D eigenvalue weighted by Gasteiger charge is -2.14. The molecule has 1 heterocycles. The van der Waals surface area contributed by atoms with E-state index in [1.54, 1.807) is 6.92 Å². The first-order chi connectivity index (χ1) is 8.04. The smallest absolute Gasteiger partial charge is 0.256 e. The number of rotatable bonds is 2. The van der Waals surface area contributed by atoms with Crippen molar-refractivity contribution in [3.8, 4) is 0 Å². The maximum absolute atomic E-state index is 13.5. The molecule has 1 aromatic carbocycles. The van der Waals surface area contributed by atoms with E-state index in [2.05, 4.69) is 5.10 Å². The number of halogens is 2. The molecule has 0 saturated heterocycles. The predicted octanol–water partition coefficient (Wildman–Crippen LogP) is 2.71. The van der Waals surface area contributed by atoms with Crippen molar-refractivity contribution in [2.24, 2.45) is 11.0 Å². The third-order valence-electron chi connectivity index (χ3n) is 2.82. The van der Waals surface area contributed by atoms with Crippen LogP contribution in [0.5, 0.6) is 0 Å². The van der Waals surface area contributed by atoms with Crippen LogP contribution in [0.1, 0.15) is 20.3 Å². The fraction of sp³-hybridized carbons (Fsp3) is 0.333. The van der Waals surface area contributed by atoms with Crippen LogP contribution in [-0.2, 0) is 4.79 Å². The second kappa shape index (κ2) is 4.24. The van der Waals surface area contributed by atoms with Crippen molar-refractivity contribution in [1.29, 1.82) is 0 Å². The number of benzene rings is 1. The second-order valence-corrected chi connectivity index (χ2v) is 3.95. The van der Waals surface area contributed by atoms with Gasteiger partial charge >= 0.3 is 0 Å². The molecule has 1 amide bonds. The van der Waals surface area contributed by atoms with Crippen molar-refractivity contribution in [3.05, 3.63) is 29.8 Å². The van der Waals surface area contributed by atoms with Gasteiger partial charge in [-0.15, -0.1) is 0 Å². The number of hydrogen-bond acceptors (Lipinski definition) is 2. The summed E-state index contributed by atoms with van der Waals surface area (Å²) in [4.78, 5) is 11.9. The van der Waals surface area contributed by atoms with Gasteiger partial charge in [0.1, 0.15) is 11.5 Å². The van der Waals surface area contributed by atoms with Crippen LogP contribution >= 0.6 is 0 Å². The summed E-state index contributed by atoms with van der Waals surface area (Å²) in [5, 5.41) is 5.03. The van der Waals surface area contributed by atoms with Gasteiger partial charge in [-0.1, -0.05) is 6.92 Å². The molecule has 0 saturated carbocycles. The Hall–Kier alpha value is -1.78. The topological polar surface area (TPSA) is 32.7 Å². The number of hydrogen-bond donors (Lipinski definition) is 0. The van der Waals surface area contributed by atoms with Crippen LogP contribution < -0.4 is 5.01 Å². The summed E-state index contributed by atoms with van der Waals surface area (Å²) in [6, 6.07) is 3.07. The zero-order chi connectivity index (χ0) is 12.6. The highest BCUT2D eigenvalue weighted by Crippen LogP contribution is 2.27. The molecule has 1 aliphatic rings. The number of nitrogens with zero attached hydrogens (tertiary/aromatic N) is 2. The van der Waals surface area contributed by atoms with Gasteiger partial charge in [0.05, 0.1) is 5.92 Å². The van der Waals surface area contributed by atoms with E-state index in [1.165, 1.54) is 6.07 Å². The predicted molar refractivity (Wildman–Crippen MR) is 60.7 cm³/mol. The first-order valence-corrected chi connectivity index (χ1v) is 5.38. The third kappa shape index (κ3) is 1.92. The molecule has 0 radical (unpaired) electrons. The molecular formula is C12H12F2N2O. The van der Waals surface area contributed by atoms with Crippen LogP contribution in [0.3, 0.4) is 0 Å². The Morgan fingerprint density at radius 3 is 2.65 bits per heavy atom. The van der Waals surface area contributed by atoms with Crippen LogP contribution in [0.15, 0.2) is 23.3 Å². The summed E-state index contributed by atoms with van der Waals surface area (Å²) in [5.74, 6) is -2.03. The summed E-state index contributed by atoms with van der Waals surface area (Å²) < 4.78 is 26.3. The van der Waals surface area contributed by atoms with E-state index in [-0.39, 0.29) is 17.5 Å². The van der Waals surface area contributed by atoms with Gasteiger partial charge in [0.15, 0.2) is 5.82 Å². The SMILES string of the molecule is CCC1C(=O)N(c2ccc(F)cc2F)N=C1C. The highest BCUT2D eigenvalue weighted by atomic mass is 19.1. The molecule has 0 bridgehead atoms. The molecule has 90 valence electrons. The number of anilines is 1. The Morgan fingerprint density at radius 1 is 1.41 bits per heavy atom. The molecule has 2 rings (SSSR count). The van der Waals surface area contributed by atoms with E-state index in [9.17, 15) is 13.6 Å². The first-order valence-electron chi connectivity index (χ1n) is 5.38. The van der Waals surface area contributed by atoms with Crippen molar-refractivity contribution in [2.75, 3.05) is 5.01 Å². The molecular weight excluding hydrogens is 226 g/mol. The van der Waals surface area contributed by atoms with Gasteiger partial charge in [-0.2, -0.15) is 10.1 Å². The van der Waals surface area contributed by atoms with Gasteiger partial charge in [0.2, 0.25) is 0 Å². The number of amides is 1. The Morgan fingerprint density at radius 2 is 2.12 bits per heavy atom. The average molecular weight is 238 g/mol. The van der Waals surface area contributed by atoms with Crippen LogP contribution in [0, 0.1) is 17.6 Å². The highest BCUT2D eigenvalue weighted by Gasteiger charge is 2.34. The minimum Gasteiger partial charge on any atom is -0.272 e. The van der Waals surface area contributed by atoms with Crippen LogP contribution in [0.4, 0.5) is 14.5 Å². The van der Waals surface area contributed by atoms with Crippen LogP contribution in [-0.4, -0.2) is 11.6 Å². The summed E-state index contributed by atoms with van der Waals surface area (Å²) >= 11 is 0. The lowest BCUT2D eigenvalue weighted by molar-refractivity contribution is -0.119. The van der Waals surface area contributed by atoms with Crippen molar-refractivity contribution in [3.63, 3.8) is 0 Å². The van der Waals surface area contributed by atoms with E-state index < -0.39 is 11.6 Å². The van der Waals surface area contributed by atoms with E-state index in [4.69, 9.17) is 0 Å². The molecule has 1 aliphatic heterocycles. The minimum atomic E-state index is -0.786. The molecule has 1 aromatic rings. The van der Waals surface area contributed by atoms with E-state index in [0.29, 0.717) is 12.1 Å². The monoisotopic (exact) mass is 238 g/mol. The molecule has 0 aliphatic carbocycles. The van der Waals surface area contributed by atoms with Gasteiger partial charge in [-0.3, -0.25) is 4.79 Å². The zero-order valence-corrected chi connectivity index (χ0v) is 9.58. The molecule has 1 atom stereocenters. The summed E-state index contributed by atoms with van der Waals surface area (Å²) in [5.41, 5.74) is 0.646. The molecule has 0 N–H and O–H groups in total. The molecule has 5 heteroatoms. The quantitative estimate of drug-likeness (QED) is 0.779. The van der Waals surface area contributed by atoms with Gasteiger partial charge in [0, 0.05) is 11.8 Å². The van der Waals surface area contributed by atoms with E-state index in [1.807, 2.05) is 6.92 Å². The lowest BCUT2D eigenvalue weighted by atomic mass is 10.0. The highest BCUT2D eigenvalue weighted by molar-refractivity contribution is 6.14. The van der Waals surface area contributed by atoms with Crippen LogP contribution in [0.25, 0.3) is 0 Å². The fourth-order valence-electron chi connectivity index (χ4n) is 1.90. The molecule has 1 unspecified atom stereocenters. The second-order valence-electron chi connectivity index (χ2n) is 3.95. The fourth-order valence-corrected chi connectivity index (χ4v) is 1.90. The molecule has 0 fully saturated rings. The normalized spacial score (nSPS) is 19.8. The molecule has 3 nitrogen and oxygen atoms in total. The van der Waals surface area contributed by atoms with Crippen molar-refractivity contribution in [2.45, 2.75) is 20.3 Å². The van der Waals surface area contributed by atoms with Gasteiger partial charge < -0.3 is 0 Å². The molecule has 0 aromatic heterocycles. The Labute approximate surface area is 97.7 Å². The molecule has 17 heavy (non-hydrogen) atoms. The van der Waals surface area contributed by atoms with Gasteiger partial charge in [0.25, 0.3) is 5.91 Å². The average Bonchev–Trinajstić information content (AvgIpc) is 2.54. The summed E-state index contributed by atoms with van der Waals surface area (Å²) in [6.07, 6.45) is 0.619. The lowest BCUT2D eigenvalue weighted by Crippen LogP contribution is -2.27. The standard InChI is InChI=1S/C12H12F2N2O/c1-3-9-7(2)15-16(12(9)17)11-5-4-8(13)6-10(11)14/h4-6,9H,3H2,1-2H3. The number of carbonyl (C=O) groups excluding carboxylic acids is 1. The Bertz CT molecular complexity index is 499. The summed E-state index contributed by atoms with van der Waals surface area (Å²) in [6.45, 7) is 3.60. The summed E-state index contributed by atoms with van der Waals surface area (Å²) in [7, 11) is 0. The number of carbonyl (C=O) groups is 1. The maximum atomic E-state index is 13.5. The maximum Gasteiger partial charge on any atom is 0.256 e. The van der Waals surface area contributed by atoms with E-state index in [0.717, 1.165) is 17.1 Å². The Balaban J connectivity index is 2.39. The van der Waals surface area contributed by atoms with Gasteiger partial charge in [-0.25, -0.2) is 8.78 Å². The first kappa shape index (κ1) is 11.7. The number of hydrazone groups is 1. The van der Waals surface area contributed by atoms with Crippen molar-refractivity contribution >= 4 is 17.3 Å². The largest absolute Gasteiger partial charge is 0.272 e. The minimum absolute atomic E-state index is 0.00769. The van der Waals surface area contributed by atoms with Crippen LogP contribution in [0.2, 0.25) is 0 Å². The Kier molecular flexibility index (Phi) is 2.92.